The molecule has 0 aliphatic rings. The lowest BCUT2D eigenvalue weighted by Crippen LogP contribution is -2.16. The molecule has 0 amide bonds. The summed E-state index contributed by atoms with van der Waals surface area (Å²) in [5.41, 5.74) is 2.42. The van der Waals surface area contributed by atoms with E-state index < -0.39 is 12.0 Å². The number of rotatable bonds is 3. The molecule has 0 aliphatic carbocycles. The lowest BCUT2D eigenvalue weighted by molar-refractivity contribution is -0.144. The Morgan fingerprint density at radius 3 is 2.05 bits per heavy atom. The minimum Gasteiger partial charge on any atom is -0.340 e. The number of nitrogen functional groups attached to an aromatic ring is 1. The van der Waals surface area contributed by atoms with Crippen LogP contribution in [-0.4, -0.2) is 9.97 Å². The third kappa shape index (κ3) is 4.10. The van der Waals surface area contributed by atoms with E-state index in [0.717, 1.165) is 0 Å². The van der Waals surface area contributed by atoms with Crippen molar-refractivity contribution >= 4 is 40.5 Å². The molecule has 0 spiro atoms. The van der Waals surface area contributed by atoms with Crippen molar-refractivity contribution in [3.05, 3.63) is 40.1 Å². The van der Waals surface area contributed by atoms with E-state index in [0.29, 0.717) is 15.7 Å². The molecule has 1 heterocycles. The van der Waals surface area contributed by atoms with Gasteiger partial charge in [0, 0.05) is 21.8 Å². The van der Waals surface area contributed by atoms with E-state index in [1.165, 1.54) is 24.3 Å². The van der Waals surface area contributed by atoms with Gasteiger partial charge in [-0.2, -0.15) is 13.2 Å². The van der Waals surface area contributed by atoms with E-state index in [1.54, 1.807) is 0 Å². The Morgan fingerprint density at radius 2 is 1.52 bits per heavy atom. The first-order valence-electron chi connectivity index (χ1n) is 5.44. The quantitative estimate of drug-likeness (QED) is 0.586. The molecule has 112 valence electrons. The number of alkyl halides is 3. The Bertz CT molecular complexity index is 643. The number of anilines is 3. The maximum absolute atomic E-state index is 12.7. The third-order valence-electron chi connectivity index (χ3n) is 2.26. The van der Waals surface area contributed by atoms with Crippen LogP contribution in [0.25, 0.3) is 0 Å². The first-order valence-corrected chi connectivity index (χ1v) is 6.19. The summed E-state index contributed by atoms with van der Waals surface area (Å²) < 4.78 is 38.1. The molecule has 0 radical (unpaired) electrons. The molecule has 0 bridgehead atoms. The number of nitrogens with one attached hydrogen (secondary N) is 2. The molecule has 5 nitrogen and oxygen atoms in total. The highest BCUT2D eigenvalue weighted by molar-refractivity contribution is 6.35. The van der Waals surface area contributed by atoms with Crippen molar-refractivity contribution in [3.63, 3.8) is 0 Å². The molecule has 4 N–H and O–H groups in total. The maximum atomic E-state index is 12.7. The number of nitrogens with zero attached hydrogens (tertiary/aromatic N) is 2. The summed E-state index contributed by atoms with van der Waals surface area (Å²) in [5.74, 6) is 3.47. The van der Waals surface area contributed by atoms with Gasteiger partial charge in [0.2, 0.25) is 5.82 Å². The fourth-order valence-electron chi connectivity index (χ4n) is 1.49. The molecule has 2 rings (SSSR count). The predicted octanol–water partition coefficient (Wildman–Crippen LogP) is 3.83. The number of nitrogens with two attached hydrogens (primary N) is 1. The topological polar surface area (TPSA) is 75.9 Å². The summed E-state index contributed by atoms with van der Waals surface area (Å²) in [6, 6.07) is 5.67. The van der Waals surface area contributed by atoms with Crippen molar-refractivity contribution in [2.45, 2.75) is 6.18 Å². The summed E-state index contributed by atoms with van der Waals surface area (Å²) in [4.78, 5) is 6.61. The monoisotopic (exact) mass is 337 g/mol. The molecule has 2 aromatic rings. The van der Waals surface area contributed by atoms with Crippen LogP contribution >= 0.6 is 23.2 Å². The zero-order chi connectivity index (χ0) is 15.6. The van der Waals surface area contributed by atoms with Gasteiger partial charge in [0.25, 0.3) is 0 Å². The largest absolute Gasteiger partial charge is 0.451 e. The normalized spacial score (nSPS) is 11.3. The van der Waals surface area contributed by atoms with E-state index >= 15 is 0 Å². The molecular formula is C11H8Cl2F3N5. The van der Waals surface area contributed by atoms with Crippen LogP contribution in [0.15, 0.2) is 24.3 Å². The van der Waals surface area contributed by atoms with Crippen LogP contribution in [0, 0.1) is 0 Å². The minimum absolute atomic E-state index is 0.108. The van der Waals surface area contributed by atoms with E-state index in [-0.39, 0.29) is 11.6 Å². The molecule has 0 saturated carbocycles. The van der Waals surface area contributed by atoms with Crippen molar-refractivity contribution < 1.29 is 13.2 Å². The first-order chi connectivity index (χ1) is 9.77. The highest BCUT2D eigenvalue weighted by atomic mass is 35.5. The molecule has 0 aliphatic heterocycles. The van der Waals surface area contributed by atoms with Gasteiger partial charge in [0.15, 0.2) is 0 Å². The predicted molar refractivity (Wildman–Crippen MR) is 74.6 cm³/mol. The number of halogens is 5. The van der Waals surface area contributed by atoms with Crippen LogP contribution in [0.2, 0.25) is 10.0 Å². The van der Waals surface area contributed by atoms with Gasteiger partial charge in [-0.3, -0.25) is 0 Å². The van der Waals surface area contributed by atoms with Gasteiger partial charge < -0.3 is 10.7 Å². The van der Waals surface area contributed by atoms with Crippen LogP contribution in [0.3, 0.4) is 0 Å². The van der Waals surface area contributed by atoms with Crippen LogP contribution in [0.4, 0.5) is 30.5 Å². The summed E-state index contributed by atoms with van der Waals surface area (Å²) in [6.45, 7) is 0. The second-order valence-electron chi connectivity index (χ2n) is 3.89. The van der Waals surface area contributed by atoms with Crippen LogP contribution in [0.1, 0.15) is 5.82 Å². The second-order valence-corrected chi connectivity index (χ2v) is 4.76. The van der Waals surface area contributed by atoms with Gasteiger partial charge in [-0.1, -0.05) is 23.2 Å². The Hall–Kier alpha value is -1.77. The van der Waals surface area contributed by atoms with E-state index in [4.69, 9.17) is 29.0 Å². The lowest BCUT2D eigenvalue weighted by atomic mass is 10.3. The summed E-state index contributed by atoms with van der Waals surface area (Å²) in [5, 5.41) is 3.31. The number of hydrogen-bond acceptors (Lipinski definition) is 5. The van der Waals surface area contributed by atoms with Crippen molar-refractivity contribution in [3.8, 4) is 0 Å². The van der Waals surface area contributed by atoms with Gasteiger partial charge in [0.05, 0.1) is 0 Å². The average molecular weight is 338 g/mol. The smallest absolute Gasteiger partial charge is 0.340 e. The second kappa shape index (κ2) is 5.92. The zero-order valence-corrected chi connectivity index (χ0v) is 11.7. The number of aromatic nitrogens is 2. The molecular weight excluding hydrogens is 330 g/mol. The average Bonchev–Trinajstić information content (AvgIpc) is 2.36. The molecule has 0 saturated heterocycles. The molecule has 1 aromatic carbocycles. The molecule has 1 aromatic heterocycles. The maximum Gasteiger partial charge on any atom is 0.451 e. The van der Waals surface area contributed by atoms with Crippen LogP contribution in [0.5, 0.6) is 0 Å². The Morgan fingerprint density at radius 1 is 0.952 bits per heavy atom. The molecule has 0 fully saturated rings. The Kier molecular flexibility index (Phi) is 4.40. The first kappa shape index (κ1) is 15.6. The molecule has 0 unspecified atom stereocenters. The van der Waals surface area contributed by atoms with E-state index in [2.05, 4.69) is 15.3 Å². The van der Waals surface area contributed by atoms with E-state index in [1.807, 2.05) is 5.43 Å². The van der Waals surface area contributed by atoms with E-state index in [9.17, 15) is 13.2 Å². The van der Waals surface area contributed by atoms with Crippen LogP contribution in [-0.2, 0) is 6.18 Å². The summed E-state index contributed by atoms with van der Waals surface area (Å²) >= 11 is 11.6. The highest BCUT2D eigenvalue weighted by Crippen LogP contribution is 2.30. The zero-order valence-electron chi connectivity index (χ0n) is 10.2. The number of hydrogen-bond donors (Lipinski definition) is 3. The molecule has 10 heteroatoms. The fraction of sp³-hybridized carbons (Fsp3) is 0.0909. The minimum atomic E-state index is -4.70. The van der Waals surface area contributed by atoms with Crippen molar-refractivity contribution in [2.75, 3.05) is 10.7 Å². The van der Waals surface area contributed by atoms with Crippen molar-refractivity contribution in [2.24, 2.45) is 5.84 Å². The highest BCUT2D eigenvalue weighted by Gasteiger charge is 2.35. The van der Waals surface area contributed by atoms with Gasteiger partial charge >= 0.3 is 6.18 Å². The molecule has 0 atom stereocenters. The Balaban J connectivity index is 2.39. The van der Waals surface area contributed by atoms with Crippen molar-refractivity contribution in [1.82, 2.24) is 9.97 Å². The lowest BCUT2D eigenvalue weighted by Gasteiger charge is -2.11. The van der Waals surface area contributed by atoms with Crippen molar-refractivity contribution in [1.29, 1.82) is 0 Å². The van der Waals surface area contributed by atoms with Gasteiger partial charge in [-0.15, -0.1) is 0 Å². The SMILES string of the molecule is NNc1cc(Nc2cc(Cl)cc(Cl)c2)nc(C(F)(F)F)n1. The summed E-state index contributed by atoms with van der Waals surface area (Å²) in [6.07, 6.45) is -4.70. The van der Waals surface area contributed by atoms with Gasteiger partial charge in [0.1, 0.15) is 11.6 Å². The van der Waals surface area contributed by atoms with Gasteiger partial charge in [-0.05, 0) is 18.2 Å². The molecule has 21 heavy (non-hydrogen) atoms. The Labute approximate surface area is 127 Å². The standard InChI is InChI=1S/C11H8Cl2F3N5/c12-5-1-6(13)3-7(2-5)18-8-4-9(21-17)20-10(19-8)11(14,15)16/h1-4H,17H2,(H2,18,19,20,21). The number of benzene rings is 1. The third-order valence-corrected chi connectivity index (χ3v) is 2.70. The number of hydrazine groups is 1. The summed E-state index contributed by atoms with van der Waals surface area (Å²) in [7, 11) is 0. The van der Waals surface area contributed by atoms with Gasteiger partial charge in [-0.25, -0.2) is 15.8 Å². The van der Waals surface area contributed by atoms with Crippen LogP contribution < -0.4 is 16.6 Å². The fourth-order valence-corrected chi connectivity index (χ4v) is 2.01.